The van der Waals surface area contributed by atoms with Gasteiger partial charge in [-0.3, -0.25) is 9.69 Å². The number of fused-ring (bicyclic) bond motifs is 1. The number of nitrogens with one attached hydrogen (secondary N) is 1. The lowest BCUT2D eigenvalue weighted by Crippen LogP contribution is -2.42. The summed E-state index contributed by atoms with van der Waals surface area (Å²) in [7, 11) is 3.34. The summed E-state index contributed by atoms with van der Waals surface area (Å²) in [5.41, 5.74) is 5.05. The van der Waals surface area contributed by atoms with E-state index in [2.05, 4.69) is 53.5 Å². The molecule has 1 saturated carbocycles. The van der Waals surface area contributed by atoms with Gasteiger partial charge in [0.2, 0.25) is 5.91 Å². The van der Waals surface area contributed by atoms with Crippen LogP contribution in [0.4, 0.5) is 0 Å². The van der Waals surface area contributed by atoms with Gasteiger partial charge in [0, 0.05) is 25.6 Å². The second-order valence-corrected chi connectivity index (χ2v) is 8.15. The molecular formula is C24H30N2O3. The third-order valence-electron chi connectivity index (χ3n) is 6.04. The zero-order valence-corrected chi connectivity index (χ0v) is 17.5. The minimum Gasteiger partial charge on any atom is -0.493 e. The number of aryl methyl sites for hydroxylation is 1. The van der Waals surface area contributed by atoms with E-state index in [4.69, 9.17) is 9.47 Å². The predicted molar refractivity (Wildman–Crippen MR) is 113 cm³/mol. The van der Waals surface area contributed by atoms with Gasteiger partial charge in [-0.05, 0) is 55.0 Å². The van der Waals surface area contributed by atoms with Crippen LogP contribution in [0.15, 0.2) is 36.4 Å². The van der Waals surface area contributed by atoms with Gasteiger partial charge in [-0.15, -0.1) is 0 Å². The average Bonchev–Trinajstić information content (AvgIpc) is 3.58. The van der Waals surface area contributed by atoms with Crippen molar-refractivity contribution in [2.75, 3.05) is 27.3 Å². The van der Waals surface area contributed by atoms with Gasteiger partial charge in [0.1, 0.15) is 0 Å². The second-order valence-electron chi connectivity index (χ2n) is 8.15. The van der Waals surface area contributed by atoms with Crippen molar-refractivity contribution in [1.82, 2.24) is 10.2 Å². The van der Waals surface area contributed by atoms with Crippen LogP contribution in [-0.2, 0) is 17.8 Å². The van der Waals surface area contributed by atoms with E-state index in [-0.39, 0.29) is 17.9 Å². The van der Waals surface area contributed by atoms with Gasteiger partial charge in [-0.1, -0.05) is 29.8 Å². The molecule has 1 aliphatic carbocycles. The largest absolute Gasteiger partial charge is 0.493 e. The fraction of sp³-hybridized carbons (Fsp3) is 0.458. The van der Waals surface area contributed by atoms with Crippen molar-refractivity contribution in [3.8, 4) is 11.5 Å². The summed E-state index contributed by atoms with van der Waals surface area (Å²) in [6.45, 7) is 4.53. The van der Waals surface area contributed by atoms with Crippen molar-refractivity contribution < 1.29 is 14.3 Å². The van der Waals surface area contributed by atoms with Crippen LogP contribution < -0.4 is 14.8 Å². The fourth-order valence-electron chi connectivity index (χ4n) is 4.12. The Morgan fingerprint density at radius 2 is 1.79 bits per heavy atom. The first kappa shape index (κ1) is 19.8. The molecular weight excluding hydrogens is 364 g/mol. The summed E-state index contributed by atoms with van der Waals surface area (Å²) in [5, 5.41) is 3.19. The van der Waals surface area contributed by atoms with E-state index < -0.39 is 0 Å². The van der Waals surface area contributed by atoms with Crippen molar-refractivity contribution in [3.63, 3.8) is 0 Å². The number of carbonyl (C=O) groups excluding carboxylic acids is 1. The first-order valence-electron chi connectivity index (χ1n) is 10.4. The Balaban J connectivity index is 1.61. The summed E-state index contributed by atoms with van der Waals surface area (Å²) in [6, 6.07) is 13.0. The molecule has 1 N–H and O–H groups in total. The van der Waals surface area contributed by atoms with Crippen LogP contribution in [0.5, 0.6) is 11.5 Å². The number of carbonyl (C=O) groups is 1. The zero-order valence-electron chi connectivity index (χ0n) is 17.5. The van der Waals surface area contributed by atoms with Gasteiger partial charge in [0.15, 0.2) is 11.5 Å². The number of methoxy groups -OCH3 is 2. The molecule has 1 aliphatic heterocycles. The van der Waals surface area contributed by atoms with Gasteiger partial charge in [0.05, 0.1) is 20.3 Å². The van der Waals surface area contributed by atoms with Crippen LogP contribution in [-0.4, -0.2) is 38.1 Å². The Morgan fingerprint density at radius 1 is 1.10 bits per heavy atom. The molecule has 2 aromatic rings. The Hall–Kier alpha value is -2.53. The summed E-state index contributed by atoms with van der Waals surface area (Å²) in [6.07, 6.45) is 2.99. The van der Waals surface area contributed by atoms with E-state index >= 15 is 0 Å². The van der Waals surface area contributed by atoms with E-state index in [1.807, 2.05) is 0 Å². The molecule has 4 rings (SSSR count). The number of benzene rings is 2. The highest BCUT2D eigenvalue weighted by atomic mass is 16.5. The number of ether oxygens (including phenoxy) is 2. The minimum absolute atomic E-state index is 0.113. The van der Waals surface area contributed by atoms with Crippen molar-refractivity contribution >= 4 is 5.91 Å². The van der Waals surface area contributed by atoms with Gasteiger partial charge < -0.3 is 14.8 Å². The van der Waals surface area contributed by atoms with E-state index in [1.54, 1.807) is 14.2 Å². The first-order valence-corrected chi connectivity index (χ1v) is 10.4. The number of rotatable bonds is 7. The Kier molecular flexibility index (Phi) is 5.76. The first-order chi connectivity index (χ1) is 14.1. The van der Waals surface area contributed by atoms with Gasteiger partial charge in [-0.25, -0.2) is 0 Å². The third kappa shape index (κ3) is 4.40. The molecule has 0 unspecified atom stereocenters. The molecule has 0 saturated heterocycles. The lowest BCUT2D eigenvalue weighted by atomic mass is 9.91. The smallest absolute Gasteiger partial charge is 0.223 e. The molecule has 5 heteroatoms. The number of hydrogen-bond donors (Lipinski definition) is 1. The Labute approximate surface area is 173 Å². The maximum Gasteiger partial charge on any atom is 0.223 e. The molecule has 0 spiro atoms. The monoisotopic (exact) mass is 394 g/mol. The molecule has 154 valence electrons. The second kappa shape index (κ2) is 8.46. The van der Waals surface area contributed by atoms with E-state index in [0.717, 1.165) is 43.9 Å². The quantitative estimate of drug-likeness (QED) is 0.779. The maximum absolute atomic E-state index is 12.3. The lowest BCUT2D eigenvalue weighted by Gasteiger charge is -2.38. The van der Waals surface area contributed by atoms with Crippen LogP contribution in [0.1, 0.15) is 41.1 Å². The maximum atomic E-state index is 12.3. The van der Waals surface area contributed by atoms with Crippen LogP contribution in [0.25, 0.3) is 0 Å². The molecule has 2 aliphatic rings. The van der Waals surface area contributed by atoms with E-state index in [9.17, 15) is 4.79 Å². The third-order valence-corrected chi connectivity index (χ3v) is 6.04. The van der Waals surface area contributed by atoms with Gasteiger partial charge >= 0.3 is 0 Å². The molecule has 0 bridgehead atoms. The Morgan fingerprint density at radius 3 is 2.45 bits per heavy atom. The normalized spacial score (nSPS) is 18.8. The van der Waals surface area contributed by atoms with Gasteiger partial charge in [-0.2, -0.15) is 0 Å². The molecule has 1 amide bonds. The summed E-state index contributed by atoms with van der Waals surface area (Å²) in [5.74, 6) is 1.91. The molecule has 2 aromatic carbocycles. The molecule has 0 aromatic heterocycles. The average molecular weight is 395 g/mol. The van der Waals surface area contributed by atoms with E-state index in [0.29, 0.717) is 6.54 Å². The predicted octanol–water partition coefficient (Wildman–Crippen LogP) is 3.64. The highest BCUT2D eigenvalue weighted by Gasteiger charge is 2.33. The SMILES string of the molecule is COc1cc2c(cc1OC)[C@H](CNC(=O)C1CC1)N(Cc1ccc(C)cc1)CC2. The Bertz CT molecular complexity index is 874. The van der Waals surface area contributed by atoms with Crippen LogP contribution in [0, 0.1) is 12.8 Å². The van der Waals surface area contributed by atoms with Gasteiger partial charge in [0.25, 0.3) is 0 Å². The number of amides is 1. The molecule has 0 radical (unpaired) electrons. The van der Waals surface area contributed by atoms with Crippen molar-refractivity contribution in [2.45, 2.75) is 38.8 Å². The van der Waals surface area contributed by atoms with Crippen molar-refractivity contribution in [2.24, 2.45) is 5.92 Å². The molecule has 5 nitrogen and oxygen atoms in total. The molecule has 1 atom stereocenters. The lowest BCUT2D eigenvalue weighted by molar-refractivity contribution is -0.122. The fourth-order valence-corrected chi connectivity index (χ4v) is 4.12. The summed E-state index contributed by atoms with van der Waals surface area (Å²) < 4.78 is 11.1. The van der Waals surface area contributed by atoms with Crippen molar-refractivity contribution in [3.05, 3.63) is 58.7 Å². The standard InChI is InChI=1S/C24H30N2O3/c1-16-4-6-17(7-5-16)15-26-11-10-19-12-22(28-2)23(29-3)13-20(19)21(26)14-25-24(27)18-8-9-18/h4-7,12-13,18,21H,8-11,14-15H2,1-3H3,(H,25,27)/t21-/m0/s1. The summed E-state index contributed by atoms with van der Waals surface area (Å²) >= 11 is 0. The summed E-state index contributed by atoms with van der Waals surface area (Å²) in [4.78, 5) is 14.8. The van der Waals surface area contributed by atoms with Crippen LogP contribution in [0.2, 0.25) is 0 Å². The minimum atomic E-state index is 0.113. The van der Waals surface area contributed by atoms with E-state index in [1.165, 1.54) is 22.3 Å². The molecule has 29 heavy (non-hydrogen) atoms. The molecule has 1 fully saturated rings. The van der Waals surface area contributed by atoms with Crippen LogP contribution >= 0.6 is 0 Å². The highest BCUT2D eigenvalue weighted by molar-refractivity contribution is 5.80. The molecule has 1 heterocycles. The zero-order chi connectivity index (χ0) is 20.4. The number of nitrogens with zero attached hydrogens (tertiary/aromatic N) is 1. The highest BCUT2D eigenvalue weighted by Crippen LogP contribution is 2.38. The van der Waals surface area contributed by atoms with Crippen LogP contribution in [0.3, 0.4) is 0 Å². The van der Waals surface area contributed by atoms with Crippen molar-refractivity contribution in [1.29, 1.82) is 0 Å². The number of hydrogen-bond acceptors (Lipinski definition) is 4. The topological polar surface area (TPSA) is 50.8 Å².